The Morgan fingerprint density at radius 1 is 1.19 bits per heavy atom. The SMILES string of the molecule is Cl.O=C(CC1COCCN1)NCc1ccc(Cn2ccccc2=O)cc1. The molecular weight excluding hydrogens is 354 g/mol. The van der Waals surface area contributed by atoms with Crippen molar-refractivity contribution in [2.24, 2.45) is 0 Å². The first-order valence-corrected chi connectivity index (χ1v) is 8.52. The third-order valence-electron chi connectivity index (χ3n) is 4.19. The van der Waals surface area contributed by atoms with Crippen LogP contribution in [0.4, 0.5) is 0 Å². The summed E-state index contributed by atoms with van der Waals surface area (Å²) in [4.78, 5) is 23.7. The van der Waals surface area contributed by atoms with Crippen LogP contribution in [0.2, 0.25) is 0 Å². The molecule has 1 unspecified atom stereocenters. The molecule has 0 aliphatic carbocycles. The molecule has 1 saturated heterocycles. The molecule has 0 spiro atoms. The van der Waals surface area contributed by atoms with E-state index in [0.717, 1.165) is 17.7 Å². The lowest BCUT2D eigenvalue weighted by Crippen LogP contribution is -2.44. The molecule has 3 rings (SSSR count). The van der Waals surface area contributed by atoms with Gasteiger partial charge in [-0.15, -0.1) is 12.4 Å². The average molecular weight is 378 g/mol. The minimum Gasteiger partial charge on any atom is -0.378 e. The number of benzene rings is 1. The van der Waals surface area contributed by atoms with Gasteiger partial charge in [0.2, 0.25) is 5.91 Å². The van der Waals surface area contributed by atoms with Gasteiger partial charge in [0.05, 0.1) is 19.8 Å². The van der Waals surface area contributed by atoms with Gasteiger partial charge in [-0.25, -0.2) is 0 Å². The molecule has 1 aromatic carbocycles. The maximum absolute atomic E-state index is 12.0. The second-order valence-corrected chi connectivity index (χ2v) is 6.19. The molecule has 140 valence electrons. The fraction of sp³-hybridized carbons (Fsp3) is 0.368. The molecule has 1 amide bonds. The highest BCUT2D eigenvalue weighted by atomic mass is 35.5. The molecule has 2 N–H and O–H groups in total. The molecule has 0 radical (unpaired) electrons. The second-order valence-electron chi connectivity index (χ2n) is 6.19. The number of pyridine rings is 1. The summed E-state index contributed by atoms with van der Waals surface area (Å²) < 4.78 is 7.01. The van der Waals surface area contributed by atoms with Crippen molar-refractivity contribution in [1.29, 1.82) is 0 Å². The topological polar surface area (TPSA) is 72.4 Å². The lowest BCUT2D eigenvalue weighted by atomic mass is 10.1. The summed E-state index contributed by atoms with van der Waals surface area (Å²) in [5.74, 6) is 0.0166. The molecule has 1 aromatic heterocycles. The Labute approximate surface area is 159 Å². The van der Waals surface area contributed by atoms with Gasteiger partial charge in [0, 0.05) is 37.8 Å². The number of carbonyl (C=O) groups excluding carboxylic acids is 1. The predicted octanol–water partition coefficient (Wildman–Crippen LogP) is 1.31. The van der Waals surface area contributed by atoms with Crippen LogP contribution in [-0.2, 0) is 22.6 Å². The summed E-state index contributed by atoms with van der Waals surface area (Å²) in [5, 5.41) is 6.20. The maximum Gasteiger partial charge on any atom is 0.250 e. The summed E-state index contributed by atoms with van der Waals surface area (Å²) >= 11 is 0. The van der Waals surface area contributed by atoms with Gasteiger partial charge < -0.3 is 19.9 Å². The van der Waals surface area contributed by atoms with Gasteiger partial charge in [-0.3, -0.25) is 9.59 Å². The molecule has 26 heavy (non-hydrogen) atoms. The summed E-state index contributed by atoms with van der Waals surface area (Å²) in [7, 11) is 0. The van der Waals surface area contributed by atoms with Crippen LogP contribution in [0.5, 0.6) is 0 Å². The van der Waals surface area contributed by atoms with Crippen LogP contribution in [-0.4, -0.2) is 36.3 Å². The average Bonchev–Trinajstić information content (AvgIpc) is 2.64. The lowest BCUT2D eigenvalue weighted by Gasteiger charge is -2.23. The molecule has 2 aromatic rings. The molecular formula is C19H24ClN3O3. The van der Waals surface area contributed by atoms with E-state index in [2.05, 4.69) is 10.6 Å². The molecule has 7 heteroatoms. The van der Waals surface area contributed by atoms with E-state index in [9.17, 15) is 9.59 Å². The third kappa shape index (κ3) is 5.98. The van der Waals surface area contributed by atoms with Gasteiger partial charge >= 0.3 is 0 Å². The van der Waals surface area contributed by atoms with E-state index >= 15 is 0 Å². The first-order valence-electron chi connectivity index (χ1n) is 8.52. The highest BCUT2D eigenvalue weighted by molar-refractivity contribution is 5.85. The van der Waals surface area contributed by atoms with Gasteiger partial charge in [-0.2, -0.15) is 0 Å². The molecule has 1 aliphatic rings. The molecule has 0 bridgehead atoms. The Bertz CT molecular complexity index is 755. The van der Waals surface area contributed by atoms with Crippen molar-refractivity contribution in [3.05, 3.63) is 70.1 Å². The fourth-order valence-corrected chi connectivity index (χ4v) is 2.80. The fourth-order valence-electron chi connectivity index (χ4n) is 2.80. The zero-order valence-corrected chi connectivity index (χ0v) is 15.3. The summed E-state index contributed by atoms with van der Waals surface area (Å²) in [6, 6.07) is 13.2. The number of nitrogens with one attached hydrogen (secondary N) is 2. The standard InChI is InChI=1S/C19H23N3O3.ClH/c23-18(11-17-14-25-10-8-20-17)21-12-15-4-6-16(7-5-15)13-22-9-2-1-3-19(22)24;/h1-7,9,17,20H,8,10-14H2,(H,21,23);1H. The summed E-state index contributed by atoms with van der Waals surface area (Å²) in [6.07, 6.45) is 2.20. The van der Waals surface area contributed by atoms with E-state index in [1.54, 1.807) is 22.9 Å². The van der Waals surface area contributed by atoms with E-state index in [1.165, 1.54) is 0 Å². The van der Waals surface area contributed by atoms with E-state index in [4.69, 9.17) is 4.74 Å². The molecule has 1 fully saturated rings. The van der Waals surface area contributed by atoms with Gasteiger partial charge in [-0.1, -0.05) is 30.3 Å². The highest BCUT2D eigenvalue weighted by Crippen LogP contribution is 2.06. The lowest BCUT2D eigenvalue weighted by molar-refractivity contribution is -0.122. The Hall–Kier alpha value is -2.15. The van der Waals surface area contributed by atoms with Gasteiger partial charge in [0.15, 0.2) is 0 Å². The van der Waals surface area contributed by atoms with Crippen LogP contribution in [0.15, 0.2) is 53.5 Å². The van der Waals surface area contributed by atoms with Gasteiger partial charge in [0.25, 0.3) is 5.56 Å². The molecule has 1 atom stereocenters. The van der Waals surface area contributed by atoms with Crippen LogP contribution in [0.1, 0.15) is 17.5 Å². The first kappa shape index (κ1) is 20.2. The number of carbonyl (C=O) groups is 1. The van der Waals surface area contributed by atoms with E-state index in [-0.39, 0.29) is 29.9 Å². The van der Waals surface area contributed by atoms with Crippen LogP contribution >= 0.6 is 12.4 Å². The number of nitrogens with zero attached hydrogens (tertiary/aromatic N) is 1. The van der Waals surface area contributed by atoms with Gasteiger partial charge in [0.1, 0.15) is 0 Å². The van der Waals surface area contributed by atoms with Crippen molar-refractivity contribution in [3.63, 3.8) is 0 Å². The largest absolute Gasteiger partial charge is 0.378 e. The van der Waals surface area contributed by atoms with Crippen molar-refractivity contribution in [3.8, 4) is 0 Å². The van der Waals surface area contributed by atoms with E-state index < -0.39 is 0 Å². The highest BCUT2D eigenvalue weighted by Gasteiger charge is 2.16. The van der Waals surface area contributed by atoms with Crippen LogP contribution in [0.3, 0.4) is 0 Å². The number of halogens is 1. The number of amides is 1. The number of ether oxygens (including phenoxy) is 1. The number of aromatic nitrogens is 1. The van der Waals surface area contributed by atoms with Crippen molar-refractivity contribution >= 4 is 18.3 Å². The minimum atomic E-state index is -0.0147. The van der Waals surface area contributed by atoms with E-state index in [1.807, 2.05) is 30.3 Å². The molecule has 6 nitrogen and oxygen atoms in total. The quantitative estimate of drug-likeness (QED) is 0.796. The summed E-state index contributed by atoms with van der Waals surface area (Å²) in [5.41, 5.74) is 2.07. The Morgan fingerprint density at radius 2 is 1.96 bits per heavy atom. The first-order chi connectivity index (χ1) is 12.2. The van der Waals surface area contributed by atoms with Crippen molar-refractivity contribution in [2.45, 2.75) is 25.6 Å². The Balaban J connectivity index is 0.00000243. The molecule has 0 saturated carbocycles. The number of rotatable bonds is 6. The van der Waals surface area contributed by atoms with Crippen LogP contribution in [0.25, 0.3) is 0 Å². The minimum absolute atomic E-state index is 0. The maximum atomic E-state index is 12.0. The van der Waals surface area contributed by atoms with Crippen LogP contribution < -0.4 is 16.2 Å². The van der Waals surface area contributed by atoms with Crippen molar-refractivity contribution in [2.75, 3.05) is 19.8 Å². The normalized spacial score (nSPS) is 16.5. The monoisotopic (exact) mass is 377 g/mol. The predicted molar refractivity (Wildman–Crippen MR) is 103 cm³/mol. The molecule has 2 heterocycles. The van der Waals surface area contributed by atoms with Gasteiger partial charge in [-0.05, 0) is 17.2 Å². The number of hydrogen-bond acceptors (Lipinski definition) is 4. The number of morpholine rings is 1. The van der Waals surface area contributed by atoms with Crippen molar-refractivity contribution < 1.29 is 9.53 Å². The van der Waals surface area contributed by atoms with Crippen LogP contribution in [0, 0.1) is 0 Å². The van der Waals surface area contributed by atoms with Crippen molar-refractivity contribution in [1.82, 2.24) is 15.2 Å². The second kappa shape index (κ2) is 10.1. The Kier molecular flexibility index (Phi) is 7.84. The summed E-state index contributed by atoms with van der Waals surface area (Å²) in [6.45, 7) is 3.13. The zero-order chi connectivity index (χ0) is 17.5. The smallest absolute Gasteiger partial charge is 0.250 e. The Morgan fingerprint density at radius 3 is 2.65 bits per heavy atom. The zero-order valence-electron chi connectivity index (χ0n) is 14.5. The van der Waals surface area contributed by atoms with E-state index in [0.29, 0.717) is 32.7 Å². The molecule has 1 aliphatic heterocycles. The number of hydrogen-bond donors (Lipinski definition) is 2. The third-order valence-corrected chi connectivity index (χ3v) is 4.19.